The number of fused-ring (bicyclic) bond motifs is 3. The number of aromatic nitrogens is 2. The zero-order valence-electron chi connectivity index (χ0n) is 16.7. The fraction of sp³-hybridized carbons (Fsp3) is 0.208. The van der Waals surface area contributed by atoms with Crippen LogP contribution < -0.4 is 11.1 Å². The van der Waals surface area contributed by atoms with Crippen molar-refractivity contribution < 1.29 is 4.79 Å². The second-order valence-corrected chi connectivity index (χ2v) is 7.60. The van der Waals surface area contributed by atoms with Crippen LogP contribution in [-0.4, -0.2) is 15.9 Å². The smallest absolute Gasteiger partial charge is 0.230 e. The third kappa shape index (κ3) is 4.19. The molecule has 4 rings (SSSR count). The van der Waals surface area contributed by atoms with Crippen LogP contribution in [0.3, 0.4) is 0 Å². The molecule has 1 aliphatic rings. The molecule has 146 valence electrons. The third-order valence-electron chi connectivity index (χ3n) is 4.90. The minimum Gasteiger partial charge on any atom is -0.399 e. The van der Waals surface area contributed by atoms with E-state index >= 15 is 0 Å². The van der Waals surface area contributed by atoms with Crippen LogP contribution in [0.25, 0.3) is 17.3 Å². The van der Waals surface area contributed by atoms with Crippen molar-refractivity contribution in [1.82, 2.24) is 9.97 Å². The lowest BCUT2D eigenvalue weighted by Crippen LogP contribution is -2.19. The van der Waals surface area contributed by atoms with Crippen molar-refractivity contribution in [2.24, 2.45) is 0 Å². The average Bonchev–Trinajstić information content (AvgIpc) is 2.68. The van der Waals surface area contributed by atoms with E-state index in [0.29, 0.717) is 17.9 Å². The van der Waals surface area contributed by atoms with Gasteiger partial charge in [-0.25, -0.2) is 9.97 Å². The molecule has 0 saturated carbocycles. The Morgan fingerprint density at radius 3 is 2.66 bits per heavy atom. The zero-order valence-corrected chi connectivity index (χ0v) is 16.7. The number of hydrogen-bond donors (Lipinski definition) is 2. The van der Waals surface area contributed by atoms with E-state index in [1.165, 1.54) is 5.56 Å². The van der Waals surface area contributed by atoms with Gasteiger partial charge in [-0.05, 0) is 56.0 Å². The Morgan fingerprint density at radius 2 is 1.90 bits per heavy atom. The van der Waals surface area contributed by atoms with Gasteiger partial charge < -0.3 is 11.1 Å². The van der Waals surface area contributed by atoms with Gasteiger partial charge >= 0.3 is 0 Å². The van der Waals surface area contributed by atoms with Crippen LogP contribution in [0.4, 0.5) is 11.5 Å². The largest absolute Gasteiger partial charge is 0.399 e. The number of rotatable bonds is 4. The number of carbonyl (C=O) groups excluding carboxylic acids is 1. The highest BCUT2D eigenvalue weighted by molar-refractivity contribution is 5.93. The number of hydrogen-bond acceptors (Lipinski definition) is 4. The van der Waals surface area contributed by atoms with Gasteiger partial charge in [0, 0.05) is 11.3 Å². The van der Waals surface area contributed by atoms with Gasteiger partial charge in [-0.15, -0.1) is 0 Å². The molecule has 5 nitrogen and oxygen atoms in total. The van der Waals surface area contributed by atoms with Gasteiger partial charge in [-0.3, -0.25) is 4.79 Å². The molecule has 0 fully saturated rings. The van der Waals surface area contributed by atoms with Crippen molar-refractivity contribution in [3.63, 3.8) is 0 Å². The summed E-state index contributed by atoms with van der Waals surface area (Å²) in [5.74, 6) is 0.419. The lowest BCUT2D eigenvalue weighted by Gasteiger charge is -2.20. The summed E-state index contributed by atoms with van der Waals surface area (Å²) in [5.41, 5.74) is 13.5. The molecule has 0 radical (unpaired) electrons. The maximum atomic E-state index is 12.6. The van der Waals surface area contributed by atoms with Crippen molar-refractivity contribution in [2.75, 3.05) is 11.1 Å². The van der Waals surface area contributed by atoms with Crippen molar-refractivity contribution in [3.8, 4) is 11.3 Å². The maximum absolute atomic E-state index is 12.6. The first-order valence-corrected chi connectivity index (χ1v) is 9.78. The van der Waals surface area contributed by atoms with Crippen LogP contribution in [0.1, 0.15) is 36.4 Å². The Hall–Kier alpha value is -3.47. The molecule has 0 saturated heterocycles. The van der Waals surface area contributed by atoms with E-state index in [1.807, 2.05) is 68.5 Å². The summed E-state index contributed by atoms with van der Waals surface area (Å²) < 4.78 is 0. The lowest BCUT2D eigenvalue weighted by atomic mass is 9.91. The van der Waals surface area contributed by atoms with E-state index in [0.717, 1.165) is 46.6 Å². The number of aryl methyl sites for hydroxylation is 2. The molecule has 3 aromatic rings. The molecule has 1 amide bonds. The highest BCUT2D eigenvalue weighted by Gasteiger charge is 2.22. The van der Waals surface area contributed by atoms with Gasteiger partial charge in [-0.1, -0.05) is 42.0 Å². The van der Waals surface area contributed by atoms with E-state index in [1.54, 1.807) is 0 Å². The van der Waals surface area contributed by atoms with E-state index in [4.69, 9.17) is 15.7 Å². The SMILES string of the molecule is CC(C)=Cc1nc2c(nc1NC(=O)Cc1ccccc1)CCc1cc(N)ccc1-2. The number of nitrogen functional groups attached to an aromatic ring is 1. The van der Waals surface area contributed by atoms with Crippen LogP contribution in [0, 0.1) is 0 Å². The number of nitrogens with zero attached hydrogens (tertiary/aromatic N) is 2. The number of allylic oxidation sites excluding steroid dienone is 1. The van der Waals surface area contributed by atoms with Gasteiger partial charge in [0.05, 0.1) is 17.8 Å². The van der Waals surface area contributed by atoms with Crippen LogP contribution in [0.5, 0.6) is 0 Å². The van der Waals surface area contributed by atoms with Crippen LogP contribution in [0.15, 0.2) is 54.1 Å². The summed E-state index contributed by atoms with van der Waals surface area (Å²) in [5, 5.41) is 2.97. The molecule has 0 bridgehead atoms. The van der Waals surface area contributed by atoms with Crippen molar-refractivity contribution in [3.05, 3.63) is 76.6 Å². The molecule has 1 heterocycles. The fourth-order valence-corrected chi connectivity index (χ4v) is 3.60. The van der Waals surface area contributed by atoms with E-state index in [-0.39, 0.29) is 5.91 Å². The third-order valence-corrected chi connectivity index (χ3v) is 4.90. The summed E-state index contributed by atoms with van der Waals surface area (Å²) in [4.78, 5) is 22.3. The number of benzene rings is 2. The summed E-state index contributed by atoms with van der Waals surface area (Å²) >= 11 is 0. The van der Waals surface area contributed by atoms with Crippen LogP contribution in [-0.2, 0) is 24.1 Å². The van der Waals surface area contributed by atoms with Gasteiger partial charge in [0.15, 0.2) is 5.82 Å². The number of amides is 1. The zero-order chi connectivity index (χ0) is 20.4. The van der Waals surface area contributed by atoms with Crippen molar-refractivity contribution in [1.29, 1.82) is 0 Å². The molecule has 1 aliphatic carbocycles. The standard InChI is InChI=1S/C24H24N4O/c1-15(2)12-21-24(28-22(29)13-16-6-4-3-5-7-16)27-20-11-8-17-14-18(25)9-10-19(17)23(20)26-21/h3-7,9-10,12,14H,8,11,13,25H2,1-2H3,(H,27,28,29). The molecule has 1 aromatic heterocycles. The van der Waals surface area contributed by atoms with Crippen LogP contribution >= 0.6 is 0 Å². The first-order valence-electron chi connectivity index (χ1n) is 9.78. The lowest BCUT2D eigenvalue weighted by molar-refractivity contribution is -0.115. The Kier molecular flexibility index (Phi) is 5.12. The van der Waals surface area contributed by atoms with E-state index in [9.17, 15) is 4.79 Å². The molecule has 0 unspecified atom stereocenters. The van der Waals surface area contributed by atoms with Crippen molar-refractivity contribution >= 4 is 23.5 Å². The topological polar surface area (TPSA) is 80.9 Å². The number of nitrogens with two attached hydrogens (primary N) is 1. The summed E-state index contributed by atoms with van der Waals surface area (Å²) in [7, 11) is 0. The average molecular weight is 384 g/mol. The Bertz CT molecular complexity index is 1100. The van der Waals surface area contributed by atoms with Gasteiger partial charge in [0.1, 0.15) is 5.69 Å². The number of anilines is 2. The molecule has 29 heavy (non-hydrogen) atoms. The predicted octanol–water partition coefficient (Wildman–Crippen LogP) is 4.43. The quantitative estimate of drug-likeness (QED) is 0.652. The van der Waals surface area contributed by atoms with E-state index < -0.39 is 0 Å². The minimum absolute atomic E-state index is 0.0992. The summed E-state index contributed by atoms with van der Waals surface area (Å²) in [6, 6.07) is 15.6. The fourth-order valence-electron chi connectivity index (χ4n) is 3.60. The molecule has 0 aliphatic heterocycles. The monoisotopic (exact) mass is 384 g/mol. The van der Waals surface area contributed by atoms with Gasteiger partial charge in [0.2, 0.25) is 5.91 Å². The number of carbonyl (C=O) groups is 1. The first kappa shape index (κ1) is 18.9. The predicted molar refractivity (Wildman–Crippen MR) is 117 cm³/mol. The molecule has 2 aromatic carbocycles. The van der Waals surface area contributed by atoms with E-state index in [2.05, 4.69) is 5.32 Å². The normalized spacial score (nSPS) is 11.9. The number of nitrogens with one attached hydrogen (secondary N) is 1. The van der Waals surface area contributed by atoms with Crippen molar-refractivity contribution in [2.45, 2.75) is 33.1 Å². The highest BCUT2D eigenvalue weighted by atomic mass is 16.1. The van der Waals surface area contributed by atoms with Gasteiger partial charge in [0.25, 0.3) is 0 Å². The molecular formula is C24H24N4O. The molecular weight excluding hydrogens is 360 g/mol. The molecule has 5 heteroatoms. The summed E-state index contributed by atoms with van der Waals surface area (Å²) in [6.45, 7) is 4.01. The molecule has 0 atom stereocenters. The minimum atomic E-state index is -0.0992. The molecule has 0 spiro atoms. The maximum Gasteiger partial charge on any atom is 0.230 e. The second kappa shape index (κ2) is 7.87. The highest BCUT2D eigenvalue weighted by Crippen LogP contribution is 2.34. The second-order valence-electron chi connectivity index (χ2n) is 7.60. The summed E-state index contributed by atoms with van der Waals surface area (Å²) in [6.07, 6.45) is 3.89. The Balaban J connectivity index is 1.70. The van der Waals surface area contributed by atoms with Crippen LogP contribution in [0.2, 0.25) is 0 Å². The van der Waals surface area contributed by atoms with Gasteiger partial charge in [-0.2, -0.15) is 0 Å². The Labute approximate surface area is 170 Å². The Morgan fingerprint density at radius 1 is 1.10 bits per heavy atom. The molecule has 3 N–H and O–H groups in total. The first-order chi connectivity index (χ1) is 14.0.